The number of hydrogen-bond acceptors (Lipinski definition) is 1. The molecule has 0 aromatic rings. The summed E-state index contributed by atoms with van der Waals surface area (Å²) in [6, 6.07) is 0. The Kier molecular flexibility index (Phi) is 88.3. The average molecular weight is 502 g/mol. The van der Waals surface area contributed by atoms with Crippen LogP contribution in [0.1, 0.15) is 0 Å². The summed E-state index contributed by atoms with van der Waals surface area (Å²) in [6.07, 6.45) is 0. The Balaban J connectivity index is -0.00000000500. The molecule has 0 aliphatic heterocycles. The van der Waals surface area contributed by atoms with E-state index in [0.29, 0.717) is 0 Å². The minimum Gasteiger partial charge on any atom is 0 e. The Morgan fingerprint density at radius 2 is 1.25 bits per heavy atom. The first kappa shape index (κ1) is 16.9. The summed E-state index contributed by atoms with van der Waals surface area (Å²) in [5.74, 6) is 0. The summed E-state index contributed by atoms with van der Waals surface area (Å²) in [5.41, 5.74) is 0. The van der Waals surface area contributed by atoms with Crippen LogP contribution in [-0.2, 0) is 65.3 Å². The maximum atomic E-state index is 8.22. The van der Waals surface area contributed by atoms with E-state index in [1.807, 2.05) is 0 Å². The molecule has 4 heteroatoms. The molecule has 0 unspecified atom stereocenters. The van der Waals surface area contributed by atoms with Crippen LogP contribution in [0, 0.1) is 0 Å². The molecule has 32 valence electrons. The summed E-state index contributed by atoms with van der Waals surface area (Å²) in [7, 11) is 0. The van der Waals surface area contributed by atoms with E-state index >= 15 is 0 Å². The zero-order chi connectivity index (χ0) is 2.00. The summed E-state index contributed by atoms with van der Waals surface area (Å²) in [6.45, 7) is 0. The summed E-state index contributed by atoms with van der Waals surface area (Å²) in [4.78, 5) is 0. The van der Waals surface area contributed by atoms with Crippen molar-refractivity contribution in [3.8, 4) is 0 Å². The van der Waals surface area contributed by atoms with Gasteiger partial charge in [-0.2, -0.15) is 0 Å². The fourth-order valence-electron chi connectivity index (χ4n) is 0. The topological polar surface area (TPSA) is 17.1 Å². The van der Waals surface area contributed by atoms with Crippen molar-refractivity contribution in [1.82, 2.24) is 0 Å². The van der Waals surface area contributed by atoms with Gasteiger partial charge in [-0.15, -0.1) is 0 Å². The average Bonchev–Trinajstić information content (AvgIpc) is 1.00. The van der Waals surface area contributed by atoms with Crippen LogP contribution in [0.5, 0.6) is 0 Å². The normalized spacial score (nSPS) is 1.50. The predicted octanol–water partition coefficient (Wildman–Crippen LogP) is -0.126. The SMILES string of the molecule is [Mo].[O]=[Pt].[Pt]. The van der Waals surface area contributed by atoms with Crippen molar-refractivity contribution in [2.24, 2.45) is 0 Å². The fourth-order valence-corrected chi connectivity index (χ4v) is 0. The van der Waals surface area contributed by atoms with Crippen LogP contribution in [-0.4, -0.2) is 0 Å². The van der Waals surface area contributed by atoms with Crippen LogP contribution in [0.3, 0.4) is 0 Å². The van der Waals surface area contributed by atoms with Crippen molar-refractivity contribution < 1.29 is 65.3 Å². The zero-order valence-corrected chi connectivity index (χ0v) is 8.00. The molecule has 0 aromatic heterocycles. The molecule has 1 nitrogen and oxygen atoms in total. The molecule has 0 heterocycles. The quantitative estimate of drug-likeness (QED) is 0.423. The molecule has 0 saturated heterocycles. The van der Waals surface area contributed by atoms with Gasteiger partial charge >= 0.3 is 23.2 Å². The van der Waals surface area contributed by atoms with E-state index in [1.165, 1.54) is 0 Å². The molecule has 0 radical (unpaired) electrons. The first-order chi connectivity index (χ1) is 1.00. The van der Waals surface area contributed by atoms with E-state index in [1.54, 1.807) is 0 Å². The molecule has 0 atom stereocenters. The van der Waals surface area contributed by atoms with Crippen molar-refractivity contribution in [2.75, 3.05) is 0 Å². The summed E-state index contributed by atoms with van der Waals surface area (Å²) in [5, 5.41) is 0. The van der Waals surface area contributed by atoms with E-state index < -0.39 is 0 Å². The summed E-state index contributed by atoms with van der Waals surface area (Å²) >= 11 is 0.889. The Morgan fingerprint density at radius 1 is 1.25 bits per heavy atom. The van der Waals surface area contributed by atoms with Gasteiger partial charge in [-0.1, -0.05) is 0 Å². The second kappa shape index (κ2) is 20.9. The third-order valence-electron chi connectivity index (χ3n) is 0. The molecule has 0 aromatic carbocycles. The molecule has 0 aliphatic rings. The third-order valence-corrected chi connectivity index (χ3v) is 0. The standard InChI is InChI=1S/Mo.O.2Pt. The Hall–Kier alpha value is 1.86. The molecule has 4 heavy (non-hydrogen) atoms. The van der Waals surface area contributed by atoms with Crippen LogP contribution < -0.4 is 0 Å². The smallest absolute Gasteiger partial charge is 0 e. The van der Waals surface area contributed by atoms with Gasteiger partial charge < -0.3 is 0 Å². The first-order valence-electron chi connectivity index (χ1n) is 0.129. The molecule has 0 amide bonds. The van der Waals surface area contributed by atoms with Gasteiger partial charge in [0.2, 0.25) is 0 Å². The second-order valence-corrected chi connectivity index (χ2v) is 0. The van der Waals surface area contributed by atoms with Gasteiger partial charge in [-0.25, -0.2) is 0 Å². The maximum absolute atomic E-state index is 8.22. The van der Waals surface area contributed by atoms with Crippen LogP contribution in [0.2, 0.25) is 0 Å². The van der Waals surface area contributed by atoms with Crippen molar-refractivity contribution in [1.29, 1.82) is 0 Å². The summed E-state index contributed by atoms with van der Waals surface area (Å²) < 4.78 is 8.22. The van der Waals surface area contributed by atoms with E-state index in [9.17, 15) is 0 Å². The molecular formula is MoOPt2. The zero-order valence-electron chi connectivity index (χ0n) is 1.45. The molecular weight excluding hydrogens is 502 g/mol. The monoisotopic (exact) mass is 504 g/mol. The van der Waals surface area contributed by atoms with Crippen LogP contribution in [0.25, 0.3) is 0 Å². The van der Waals surface area contributed by atoms with E-state index in [0.717, 1.165) is 19.8 Å². The largest absolute Gasteiger partial charge is 0 e. The van der Waals surface area contributed by atoms with E-state index in [4.69, 9.17) is 3.40 Å². The molecule has 0 rings (SSSR count). The minimum absolute atomic E-state index is 0. The predicted molar refractivity (Wildman–Crippen MR) is 0.686 cm³/mol. The van der Waals surface area contributed by atoms with Gasteiger partial charge in [-0.3, -0.25) is 0 Å². The van der Waals surface area contributed by atoms with Gasteiger partial charge in [0.1, 0.15) is 0 Å². The van der Waals surface area contributed by atoms with Crippen LogP contribution in [0.15, 0.2) is 0 Å². The molecule has 0 saturated carbocycles. The molecule has 0 fully saturated rings. The molecule has 0 spiro atoms. The fraction of sp³-hybridized carbons (Fsp3) is 0. The van der Waals surface area contributed by atoms with Gasteiger partial charge in [0.15, 0.2) is 0 Å². The van der Waals surface area contributed by atoms with Crippen molar-refractivity contribution >= 4 is 0 Å². The molecule has 0 N–H and O–H groups in total. The van der Waals surface area contributed by atoms with E-state index in [2.05, 4.69) is 0 Å². The van der Waals surface area contributed by atoms with Gasteiger partial charge in [0.25, 0.3) is 0 Å². The minimum atomic E-state index is 0. The maximum Gasteiger partial charge on any atom is 0 e. The van der Waals surface area contributed by atoms with Gasteiger partial charge in [0, 0.05) is 42.1 Å². The second-order valence-electron chi connectivity index (χ2n) is 0. The Bertz CT molecular complexity index is 6.00. The van der Waals surface area contributed by atoms with Gasteiger partial charge in [-0.05, 0) is 0 Å². The third kappa shape index (κ3) is 9.12. The Labute approximate surface area is 64.6 Å². The van der Waals surface area contributed by atoms with Crippen molar-refractivity contribution in [3.05, 3.63) is 0 Å². The number of rotatable bonds is 0. The van der Waals surface area contributed by atoms with Crippen LogP contribution >= 0.6 is 0 Å². The van der Waals surface area contributed by atoms with Gasteiger partial charge in [0.05, 0.1) is 0 Å². The van der Waals surface area contributed by atoms with E-state index in [-0.39, 0.29) is 42.1 Å². The number of hydrogen-bond donors (Lipinski definition) is 0. The molecule has 0 bridgehead atoms. The van der Waals surface area contributed by atoms with Crippen molar-refractivity contribution in [3.63, 3.8) is 0 Å². The van der Waals surface area contributed by atoms with Crippen molar-refractivity contribution in [2.45, 2.75) is 0 Å². The molecule has 0 aliphatic carbocycles. The Morgan fingerprint density at radius 3 is 1.25 bits per heavy atom. The van der Waals surface area contributed by atoms with Crippen LogP contribution in [0.4, 0.5) is 0 Å². The first-order valence-corrected chi connectivity index (χ1v) is 1.06.